The molecule has 112 valence electrons. The van der Waals surface area contributed by atoms with Gasteiger partial charge in [0.25, 0.3) is 5.85 Å². The Balaban J connectivity index is 2.87. The number of nitrogen functional groups attached to an aromatic ring is 1. The summed E-state index contributed by atoms with van der Waals surface area (Å²) in [4.78, 5) is 12.1. The third-order valence-electron chi connectivity index (χ3n) is 3.60. The van der Waals surface area contributed by atoms with Crippen LogP contribution in [0, 0.1) is 6.92 Å². The molecule has 0 unspecified atom stereocenters. The van der Waals surface area contributed by atoms with Gasteiger partial charge in [-0.1, -0.05) is 25.6 Å². The number of hydrogen-bond donors (Lipinski definition) is 4. The van der Waals surface area contributed by atoms with Crippen LogP contribution in [-0.2, 0) is 16.0 Å². The first-order valence-electron chi connectivity index (χ1n) is 6.54. The number of carbonyl (C=O) groups is 1. The van der Waals surface area contributed by atoms with Crippen LogP contribution in [0.15, 0.2) is 18.4 Å². The molecule has 1 aromatic carbocycles. The van der Waals surface area contributed by atoms with Gasteiger partial charge in [-0.15, -0.1) is 0 Å². The highest BCUT2D eigenvalue weighted by atomic mass is 16.6. The molecule has 0 saturated carbocycles. The Morgan fingerprint density at radius 3 is 2.52 bits per heavy atom. The van der Waals surface area contributed by atoms with Gasteiger partial charge in [0, 0.05) is 16.8 Å². The first-order valence-corrected chi connectivity index (χ1v) is 6.54. The summed E-state index contributed by atoms with van der Waals surface area (Å²) in [5, 5.41) is 10.1. The third kappa shape index (κ3) is 2.18. The number of esters is 1. The average molecular weight is 289 g/mol. The number of anilines is 1. The van der Waals surface area contributed by atoms with Crippen LogP contribution in [0.25, 0.3) is 11.6 Å². The van der Waals surface area contributed by atoms with Crippen molar-refractivity contribution in [2.45, 2.75) is 26.1 Å². The van der Waals surface area contributed by atoms with E-state index in [9.17, 15) is 9.90 Å². The molecule has 0 amide bonds. The van der Waals surface area contributed by atoms with Gasteiger partial charge in [-0.2, -0.15) is 0 Å². The molecule has 21 heavy (non-hydrogen) atoms. The van der Waals surface area contributed by atoms with Gasteiger partial charge in [-0.3, -0.25) is 11.5 Å². The Kier molecular flexibility index (Phi) is 3.52. The lowest BCUT2D eigenvalue weighted by molar-refractivity contribution is -0.145. The number of benzene rings is 1. The molecule has 0 fully saturated rings. The number of aryl methyl sites for hydroxylation is 2. The lowest BCUT2D eigenvalue weighted by Gasteiger charge is -2.17. The van der Waals surface area contributed by atoms with E-state index in [0.717, 1.165) is 11.1 Å². The Hall–Kier alpha value is -2.31. The molecule has 1 aromatic rings. The highest BCUT2D eigenvalue weighted by molar-refractivity contribution is 6.21. The fraction of sp³-hybridized carbons (Fsp3) is 0.267. The Labute approximate surface area is 122 Å². The molecule has 6 heteroatoms. The molecule has 0 bridgehead atoms. The standard InChI is InChI=1S/C15H19N3O3/c1-4-8-6-7(3)12(16)9(5-2)10(8)11-13(19)15(17,18)21-14(11)20/h5-6,19H,2,4,16-18H2,1,3H3. The molecule has 0 saturated heterocycles. The number of nitrogens with two attached hydrogens (primary N) is 3. The van der Waals surface area contributed by atoms with Crippen LogP contribution in [0.4, 0.5) is 5.69 Å². The van der Waals surface area contributed by atoms with Crippen molar-refractivity contribution in [1.82, 2.24) is 0 Å². The molecule has 1 aliphatic rings. The number of carbonyl (C=O) groups excluding carboxylic acids is 1. The van der Waals surface area contributed by atoms with Gasteiger partial charge in [0.05, 0.1) is 0 Å². The van der Waals surface area contributed by atoms with Crippen molar-refractivity contribution in [2.24, 2.45) is 11.5 Å². The fourth-order valence-electron chi connectivity index (χ4n) is 2.48. The van der Waals surface area contributed by atoms with Gasteiger partial charge in [-0.25, -0.2) is 4.79 Å². The minimum Gasteiger partial charge on any atom is -0.505 e. The molecular weight excluding hydrogens is 270 g/mol. The molecule has 2 rings (SSSR count). The number of aliphatic hydroxyl groups excluding tert-OH is 1. The van der Waals surface area contributed by atoms with E-state index in [1.54, 1.807) is 0 Å². The van der Waals surface area contributed by atoms with E-state index >= 15 is 0 Å². The lowest BCUT2D eigenvalue weighted by Crippen LogP contribution is -2.51. The van der Waals surface area contributed by atoms with Crippen LogP contribution in [0.1, 0.15) is 29.2 Å². The summed E-state index contributed by atoms with van der Waals surface area (Å²) < 4.78 is 4.81. The summed E-state index contributed by atoms with van der Waals surface area (Å²) >= 11 is 0. The van der Waals surface area contributed by atoms with E-state index in [0.29, 0.717) is 23.2 Å². The summed E-state index contributed by atoms with van der Waals surface area (Å²) in [5.74, 6) is -3.30. The van der Waals surface area contributed by atoms with Crippen molar-refractivity contribution in [1.29, 1.82) is 0 Å². The first-order chi connectivity index (χ1) is 9.74. The van der Waals surface area contributed by atoms with E-state index in [1.807, 2.05) is 19.9 Å². The maximum atomic E-state index is 12.1. The van der Waals surface area contributed by atoms with Crippen molar-refractivity contribution < 1.29 is 14.6 Å². The predicted octanol–water partition coefficient (Wildman–Crippen LogP) is 1.18. The monoisotopic (exact) mass is 289 g/mol. The molecular formula is C15H19N3O3. The third-order valence-corrected chi connectivity index (χ3v) is 3.60. The molecule has 1 aliphatic heterocycles. The smallest absolute Gasteiger partial charge is 0.345 e. The molecule has 6 nitrogen and oxygen atoms in total. The summed E-state index contributed by atoms with van der Waals surface area (Å²) in [7, 11) is 0. The summed E-state index contributed by atoms with van der Waals surface area (Å²) in [6.45, 7) is 7.52. The van der Waals surface area contributed by atoms with Gasteiger partial charge in [0.1, 0.15) is 5.57 Å². The molecule has 0 aliphatic carbocycles. The Morgan fingerprint density at radius 1 is 1.48 bits per heavy atom. The van der Waals surface area contributed by atoms with Crippen LogP contribution in [0.5, 0.6) is 0 Å². The van der Waals surface area contributed by atoms with E-state index in [-0.39, 0.29) is 5.57 Å². The normalized spacial score (nSPS) is 17.0. The molecule has 0 atom stereocenters. The lowest BCUT2D eigenvalue weighted by atomic mass is 9.89. The maximum absolute atomic E-state index is 12.1. The molecule has 0 aromatic heterocycles. The van der Waals surface area contributed by atoms with E-state index in [1.165, 1.54) is 6.08 Å². The summed E-state index contributed by atoms with van der Waals surface area (Å²) in [5.41, 5.74) is 20.3. The second-order valence-electron chi connectivity index (χ2n) is 5.02. The number of aliphatic hydroxyl groups is 1. The molecule has 7 N–H and O–H groups in total. The topological polar surface area (TPSA) is 125 Å². The minimum atomic E-state index is -2.02. The van der Waals surface area contributed by atoms with E-state index < -0.39 is 17.6 Å². The van der Waals surface area contributed by atoms with E-state index in [2.05, 4.69) is 6.58 Å². The van der Waals surface area contributed by atoms with Crippen molar-refractivity contribution in [3.63, 3.8) is 0 Å². The Bertz CT molecular complexity index is 675. The van der Waals surface area contributed by atoms with Gasteiger partial charge in [0.15, 0.2) is 5.76 Å². The quantitative estimate of drug-likeness (QED) is 0.376. The zero-order valence-electron chi connectivity index (χ0n) is 12.1. The van der Waals surface area contributed by atoms with Crippen molar-refractivity contribution in [3.05, 3.63) is 40.7 Å². The SMILES string of the molecule is C=Cc1c(N)c(C)cc(CC)c1C1=C(O)C(N)(N)OC1=O. The van der Waals surface area contributed by atoms with Gasteiger partial charge < -0.3 is 15.6 Å². The number of rotatable bonds is 3. The number of ether oxygens (including phenoxy) is 1. The summed E-state index contributed by atoms with van der Waals surface area (Å²) in [6.07, 6.45) is 2.17. The largest absolute Gasteiger partial charge is 0.505 e. The van der Waals surface area contributed by atoms with Gasteiger partial charge in [0.2, 0.25) is 0 Å². The van der Waals surface area contributed by atoms with Gasteiger partial charge >= 0.3 is 5.97 Å². The van der Waals surface area contributed by atoms with Crippen LogP contribution < -0.4 is 17.2 Å². The first kappa shape index (κ1) is 15.1. The number of hydrogen-bond acceptors (Lipinski definition) is 6. The molecule has 0 radical (unpaired) electrons. The summed E-state index contributed by atoms with van der Waals surface area (Å²) in [6, 6.07) is 1.86. The molecule has 0 spiro atoms. The van der Waals surface area contributed by atoms with Gasteiger partial charge in [-0.05, 0) is 24.5 Å². The zero-order valence-corrected chi connectivity index (χ0v) is 12.1. The second-order valence-corrected chi connectivity index (χ2v) is 5.02. The zero-order chi connectivity index (χ0) is 15.9. The van der Waals surface area contributed by atoms with Crippen molar-refractivity contribution in [2.75, 3.05) is 5.73 Å². The van der Waals surface area contributed by atoms with E-state index in [4.69, 9.17) is 21.9 Å². The van der Waals surface area contributed by atoms with Crippen LogP contribution in [-0.4, -0.2) is 16.9 Å². The predicted molar refractivity (Wildman–Crippen MR) is 81.8 cm³/mol. The fourth-order valence-corrected chi connectivity index (χ4v) is 2.48. The highest BCUT2D eigenvalue weighted by Gasteiger charge is 2.44. The van der Waals surface area contributed by atoms with Crippen molar-refractivity contribution in [3.8, 4) is 0 Å². The highest BCUT2D eigenvalue weighted by Crippen LogP contribution is 2.38. The minimum absolute atomic E-state index is 0.0570. The van der Waals surface area contributed by atoms with Crippen LogP contribution in [0.2, 0.25) is 0 Å². The van der Waals surface area contributed by atoms with Crippen LogP contribution in [0.3, 0.4) is 0 Å². The van der Waals surface area contributed by atoms with Crippen molar-refractivity contribution >= 4 is 23.3 Å². The molecule has 1 heterocycles. The Morgan fingerprint density at radius 2 is 2.10 bits per heavy atom. The maximum Gasteiger partial charge on any atom is 0.345 e. The number of cyclic esters (lactones) is 1. The average Bonchev–Trinajstić information content (AvgIpc) is 2.61. The van der Waals surface area contributed by atoms with Crippen LogP contribution >= 0.6 is 0 Å². The second kappa shape index (κ2) is 4.91.